The molecule has 0 saturated carbocycles. The number of rotatable bonds is 4. The third-order valence-electron chi connectivity index (χ3n) is 4.21. The molecular weight excluding hydrogens is 330 g/mol. The monoisotopic (exact) mass is 347 g/mol. The van der Waals surface area contributed by atoms with Crippen LogP contribution in [0.4, 0.5) is 0 Å². The number of nitrogens with zero attached hydrogens (tertiary/aromatic N) is 3. The van der Waals surface area contributed by atoms with E-state index in [4.69, 9.17) is 14.0 Å². The van der Waals surface area contributed by atoms with E-state index in [0.717, 1.165) is 22.0 Å². The van der Waals surface area contributed by atoms with Crippen molar-refractivity contribution in [1.29, 1.82) is 0 Å². The van der Waals surface area contributed by atoms with Gasteiger partial charge in [0.25, 0.3) is 5.89 Å². The SMILES string of the molecule is COc1ccccc1-c1nc(-c2cc3cccc(C)c3nc2OC)no1. The molecule has 0 atom stereocenters. The van der Waals surface area contributed by atoms with Crippen molar-refractivity contribution in [2.24, 2.45) is 0 Å². The summed E-state index contributed by atoms with van der Waals surface area (Å²) in [4.78, 5) is 9.14. The maximum absolute atomic E-state index is 5.47. The average Bonchev–Trinajstić information content (AvgIpc) is 3.17. The highest BCUT2D eigenvalue weighted by atomic mass is 16.5. The van der Waals surface area contributed by atoms with Crippen molar-refractivity contribution >= 4 is 10.9 Å². The Kier molecular flexibility index (Phi) is 4.01. The van der Waals surface area contributed by atoms with E-state index >= 15 is 0 Å². The van der Waals surface area contributed by atoms with Gasteiger partial charge in [0.2, 0.25) is 11.7 Å². The van der Waals surface area contributed by atoms with E-state index in [-0.39, 0.29) is 0 Å². The van der Waals surface area contributed by atoms with E-state index < -0.39 is 0 Å². The predicted molar refractivity (Wildman–Crippen MR) is 98.3 cm³/mol. The van der Waals surface area contributed by atoms with Gasteiger partial charge in [-0.25, -0.2) is 4.98 Å². The number of hydrogen-bond donors (Lipinski definition) is 0. The summed E-state index contributed by atoms with van der Waals surface area (Å²) in [5, 5.41) is 5.10. The number of aryl methyl sites for hydroxylation is 1. The van der Waals surface area contributed by atoms with Gasteiger partial charge in [-0.2, -0.15) is 4.98 Å². The Morgan fingerprint density at radius 3 is 2.54 bits per heavy atom. The van der Waals surface area contributed by atoms with Gasteiger partial charge < -0.3 is 14.0 Å². The van der Waals surface area contributed by atoms with Crippen molar-refractivity contribution < 1.29 is 14.0 Å². The quantitative estimate of drug-likeness (QED) is 0.549. The molecule has 0 amide bonds. The van der Waals surface area contributed by atoms with Crippen LogP contribution in [0.1, 0.15) is 5.56 Å². The Morgan fingerprint density at radius 1 is 0.885 bits per heavy atom. The molecule has 0 bridgehead atoms. The first-order chi connectivity index (χ1) is 12.7. The van der Waals surface area contributed by atoms with Gasteiger partial charge in [0.15, 0.2) is 0 Å². The second-order valence-corrected chi connectivity index (χ2v) is 5.82. The minimum absolute atomic E-state index is 0.379. The summed E-state index contributed by atoms with van der Waals surface area (Å²) in [6, 6.07) is 15.5. The van der Waals surface area contributed by atoms with Crippen molar-refractivity contribution in [1.82, 2.24) is 15.1 Å². The van der Waals surface area contributed by atoms with Crippen molar-refractivity contribution in [3.8, 4) is 34.5 Å². The summed E-state index contributed by atoms with van der Waals surface area (Å²) < 4.78 is 16.3. The topological polar surface area (TPSA) is 70.3 Å². The van der Waals surface area contributed by atoms with E-state index in [1.54, 1.807) is 14.2 Å². The van der Waals surface area contributed by atoms with E-state index in [2.05, 4.69) is 15.1 Å². The summed E-state index contributed by atoms with van der Waals surface area (Å²) in [6.45, 7) is 2.02. The van der Waals surface area contributed by atoms with Crippen molar-refractivity contribution in [2.45, 2.75) is 6.92 Å². The maximum Gasteiger partial charge on any atom is 0.262 e. The molecule has 0 saturated heterocycles. The third kappa shape index (κ3) is 2.65. The molecule has 2 aromatic heterocycles. The summed E-state index contributed by atoms with van der Waals surface area (Å²) in [5.74, 6) is 1.92. The van der Waals surface area contributed by atoms with Gasteiger partial charge in [0.05, 0.1) is 30.9 Å². The van der Waals surface area contributed by atoms with Crippen molar-refractivity contribution in [2.75, 3.05) is 14.2 Å². The van der Waals surface area contributed by atoms with E-state index in [0.29, 0.717) is 28.9 Å². The van der Waals surface area contributed by atoms with Gasteiger partial charge in [-0.1, -0.05) is 35.5 Å². The molecule has 0 fully saturated rings. The second kappa shape index (κ2) is 6.48. The molecule has 0 unspecified atom stereocenters. The molecule has 0 aliphatic heterocycles. The van der Waals surface area contributed by atoms with E-state index in [9.17, 15) is 0 Å². The van der Waals surface area contributed by atoms with Gasteiger partial charge >= 0.3 is 0 Å². The van der Waals surface area contributed by atoms with E-state index in [1.165, 1.54) is 0 Å². The fourth-order valence-corrected chi connectivity index (χ4v) is 2.91. The fraction of sp³-hybridized carbons (Fsp3) is 0.150. The highest BCUT2D eigenvalue weighted by Gasteiger charge is 2.19. The number of pyridine rings is 1. The number of ether oxygens (including phenoxy) is 2. The van der Waals surface area contributed by atoms with Gasteiger partial charge in [0.1, 0.15) is 5.75 Å². The first-order valence-electron chi connectivity index (χ1n) is 8.13. The van der Waals surface area contributed by atoms with Crippen LogP contribution < -0.4 is 9.47 Å². The molecule has 4 aromatic rings. The Balaban J connectivity index is 1.85. The number of methoxy groups -OCH3 is 2. The molecule has 6 heteroatoms. The molecule has 2 aromatic carbocycles. The van der Waals surface area contributed by atoms with Gasteiger partial charge in [-0.15, -0.1) is 0 Å². The maximum atomic E-state index is 5.47. The van der Waals surface area contributed by atoms with Gasteiger partial charge in [-0.05, 0) is 30.7 Å². The van der Waals surface area contributed by atoms with Crippen LogP contribution in [0.15, 0.2) is 53.1 Å². The Labute approximate surface area is 150 Å². The standard InChI is InChI=1S/C20H17N3O3/c1-12-7-6-8-13-11-15(19(25-3)21-17(12)13)18-22-20(26-23-18)14-9-4-5-10-16(14)24-2/h4-11H,1-3H3. The molecule has 0 aliphatic carbocycles. The summed E-state index contributed by atoms with van der Waals surface area (Å²) in [6.07, 6.45) is 0. The summed E-state index contributed by atoms with van der Waals surface area (Å²) in [5.41, 5.74) is 3.38. The minimum atomic E-state index is 0.379. The Morgan fingerprint density at radius 2 is 1.73 bits per heavy atom. The van der Waals surface area contributed by atoms with Crippen LogP contribution in [0.2, 0.25) is 0 Å². The molecular formula is C20H17N3O3. The Bertz CT molecular complexity index is 1090. The summed E-state index contributed by atoms with van der Waals surface area (Å²) >= 11 is 0. The van der Waals surface area contributed by atoms with Crippen LogP contribution in [0.5, 0.6) is 11.6 Å². The number of hydrogen-bond acceptors (Lipinski definition) is 6. The summed E-state index contributed by atoms with van der Waals surface area (Å²) in [7, 11) is 3.19. The van der Waals surface area contributed by atoms with Crippen LogP contribution in [-0.4, -0.2) is 29.3 Å². The molecule has 0 spiro atoms. The largest absolute Gasteiger partial charge is 0.496 e. The number of aromatic nitrogens is 3. The normalized spacial score (nSPS) is 10.9. The molecule has 6 nitrogen and oxygen atoms in total. The van der Waals surface area contributed by atoms with Gasteiger partial charge in [0, 0.05) is 5.39 Å². The molecule has 26 heavy (non-hydrogen) atoms. The highest BCUT2D eigenvalue weighted by Crippen LogP contribution is 2.34. The Hall–Kier alpha value is -3.41. The number of benzene rings is 2. The average molecular weight is 347 g/mol. The number of para-hydroxylation sites is 2. The van der Waals surface area contributed by atoms with E-state index in [1.807, 2.05) is 55.5 Å². The lowest BCUT2D eigenvalue weighted by Gasteiger charge is -2.08. The second-order valence-electron chi connectivity index (χ2n) is 5.82. The zero-order chi connectivity index (χ0) is 18.1. The third-order valence-corrected chi connectivity index (χ3v) is 4.21. The number of fused-ring (bicyclic) bond motifs is 1. The highest BCUT2D eigenvalue weighted by molar-refractivity contribution is 5.87. The van der Waals surface area contributed by atoms with Crippen molar-refractivity contribution in [3.63, 3.8) is 0 Å². The first kappa shape index (κ1) is 16.1. The molecule has 0 radical (unpaired) electrons. The van der Waals surface area contributed by atoms with Gasteiger partial charge in [-0.3, -0.25) is 0 Å². The van der Waals surface area contributed by atoms with Crippen LogP contribution in [-0.2, 0) is 0 Å². The fourth-order valence-electron chi connectivity index (χ4n) is 2.91. The lowest BCUT2D eigenvalue weighted by Crippen LogP contribution is -1.95. The smallest absolute Gasteiger partial charge is 0.262 e. The molecule has 0 N–H and O–H groups in total. The zero-order valence-electron chi connectivity index (χ0n) is 14.7. The van der Waals surface area contributed by atoms with Crippen molar-refractivity contribution in [3.05, 3.63) is 54.1 Å². The molecule has 130 valence electrons. The van der Waals surface area contributed by atoms with Crippen LogP contribution >= 0.6 is 0 Å². The minimum Gasteiger partial charge on any atom is -0.496 e. The van der Waals surface area contributed by atoms with Crippen LogP contribution in [0, 0.1) is 6.92 Å². The zero-order valence-corrected chi connectivity index (χ0v) is 14.7. The lowest BCUT2D eigenvalue weighted by molar-refractivity contribution is 0.398. The van der Waals surface area contributed by atoms with Crippen LogP contribution in [0.25, 0.3) is 33.7 Å². The molecule has 0 aliphatic rings. The lowest BCUT2D eigenvalue weighted by atomic mass is 10.1. The predicted octanol–water partition coefficient (Wildman–Crippen LogP) is 4.28. The first-order valence-corrected chi connectivity index (χ1v) is 8.13. The molecule has 4 rings (SSSR count). The molecule has 2 heterocycles. The van der Waals surface area contributed by atoms with Crippen LogP contribution in [0.3, 0.4) is 0 Å².